The predicted molar refractivity (Wildman–Crippen MR) is 69.3 cm³/mol. The van der Waals surface area contributed by atoms with Crippen molar-refractivity contribution < 1.29 is 14.7 Å². The molecule has 5 heteroatoms. The number of nitrogens with one attached hydrogen (secondary N) is 2. The summed E-state index contributed by atoms with van der Waals surface area (Å²) in [6, 6.07) is 0.552. The number of carboxylic acids is 1. The van der Waals surface area contributed by atoms with Crippen molar-refractivity contribution in [2.45, 2.75) is 58.0 Å². The second kappa shape index (κ2) is 7.36. The minimum atomic E-state index is -0.676. The van der Waals surface area contributed by atoms with Crippen LogP contribution in [0.3, 0.4) is 0 Å². The molecule has 1 aliphatic carbocycles. The average molecular weight is 256 g/mol. The zero-order valence-corrected chi connectivity index (χ0v) is 11.2. The normalized spacial score (nSPS) is 23.9. The maximum absolute atomic E-state index is 11.4. The monoisotopic (exact) mass is 256 g/mol. The SMILES string of the molecule is CC(C)NC(=O)CCNC1CCC(C(=O)O)CC1. The van der Waals surface area contributed by atoms with Gasteiger partial charge in [0, 0.05) is 25.0 Å². The number of hydrogen-bond donors (Lipinski definition) is 3. The molecule has 0 aromatic rings. The molecule has 0 bridgehead atoms. The Kier molecular flexibility index (Phi) is 6.12. The molecular formula is C13H24N2O3. The number of carboxylic acid groups (broad SMARTS) is 1. The van der Waals surface area contributed by atoms with E-state index in [2.05, 4.69) is 10.6 Å². The molecule has 0 saturated heterocycles. The van der Waals surface area contributed by atoms with E-state index in [0.29, 0.717) is 19.0 Å². The first-order valence-corrected chi connectivity index (χ1v) is 6.74. The molecule has 0 atom stereocenters. The van der Waals surface area contributed by atoms with E-state index in [1.807, 2.05) is 13.8 Å². The van der Waals surface area contributed by atoms with Gasteiger partial charge in [0.25, 0.3) is 0 Å². The molecule has 0 aromatic heterocycles. The van der Waals surface area contributed by atoms with Crippen molar-refractivity contribution in [3.8, 4) is 0 Å². The first-order chi connectivity index (χ1) is 8.49. The van der Waals surface area contributed by atoms with Crippen LogP contribution in [0.1, 0.15) is 46.0 Å². The van der Waals surface area contributed by atoms with Crippen LogP contribution in [-0.2, 0) is 9.59 Å². The summed E-state index contributed by atoms with van der Waals surface area (Å²) in [5.41, 5.74) is 0. The summed E-state index contributed by atoms with van der Waals surface area (Å²) in [4.78, 5) is 22.2. The number of carbonyl (C=O) groups excluding carboxylic acids is 1. The number of aliphatic carboxylic acids is 1. The summed E-state index contributed by atoms with van der Waals surface area (Å²) in [5, 5.41) is 15.1. The largest absolute Gasteiger partial charge is 0.481 e. The molecule has 1 rings (SSSR count). The lowest BCUT2D eigenvalue weighted by molar-refractivity contribution is -0.142. The Morgan fingerprint density at radius 3 is 2.33 bits per heavy atom. The lowest BCUT2D eigenvalue weighted by Crippen LogP contribution is -2.38. The van der Waals surface area contributed by atoms with Crippen LogP contribution in [-0.4, -0.2) is 35.6 Å². The van der Waals surface area contributed by atoms with E-state index in [1.54, 1.807) is 0 Å². The minimum absolute atomic E-state index is 0.0664. The molecule has 1 saturated carbocycles. The third kappa shape index (κ3) is 5.49. The fraction of sp³-hybridized carbons (Fsp3) is 0.846. The molecule has 18 heavy (non-hydrogen) atoms. The van der Waals surface area contributed by atoms with E-state index in [-0.39, 0.29) is 17.9 Å². The molecule has 0 heterocycles. The Morgan fingerprint density at radius 1 is 1.22 bits per heavy atom. The van der Waals surface area contributed by atoms with Gasteiger partial charge in [-0.3, -0.25) is 9.59 Å². The molecule has 0 aromatic carbocycles. The Balaban J connectivity index is 2.11. The second-order valence-electron chi connectivity index (χ2n) is 5.31. The van der Waals surface area contributed by atoms with Crippen molar-refractivity contribution in [1.29, 1.82) is 0 Å². The molecule has 3 N–H and O–H groups in total. The van der Waals surface area contributed by atoms with Crippen molar-refractivity contribution >= 4 is 11.9 Å². The molecule has 0 aliphatic heterocycles. The number of amides is 1. The zero-order chi connectivity index (χ0) is 13.5. The summed E-state index contributed by atoms with van der Waals surface area (Å²) >= 11 is 0. The summed E-state index contributed by atoms with van der Waals surface area (Å²) in [7, 11) is 0. The van der Waals surface area contributed by atoms with Crippen LogP contribution in [0.25, 0.3) is 0 Å². The van der Waals surface area contributed by atoms with E-state index in [0.717, 1.165) is 25.7 Å². The van der Waals surface area contributed by atoms with Gasteiger partial charge < -0.3 is 15.7 Å². The van der Waals surface area contributed by atoms with Crippen LogP contribution in [0, 0.1) is 5.92 Å². The molecule has 1 aliphatic rings. The summed E-state index contributed by atoms with van der Waals surface area (Å²) in [6.07, 6.45) is 3.75. The Bertz CT molecular complexity index is 284. The summed E-state index contributed by atoms with van der Waals surface area (Å²) in [5.74, 6) is -0.784. The fourth-order valence-corrected chi connectivity index (χ4v) is 2.33. The van der Waals surface area contributed by atoms with Crippen LogP contribution in [0.4, 0.5) is 0 Å². The third-order valence-electron chi connectivity index (χ3n) is 3.31. The quantitative estimate of drug-likeness (QED) is 0.666. The fourth-order valence-electron chi connectivity index (χ4n) is 2.33. The molecule has 0 spiro atoms. The van der Waals surface area contributed by atoms with Gasteiger partial charge in [-0.1, -0.05) is 0 Å². The van der Waals surface area contributed by atoms with Crippen LogP contribution < -0.4 is 10.6 Å². The molecule has 104 valence electrons. The van der Waals surface area contributed by atoms with Gasteiger partial charge in [0.15, 0.2) is 0 Å². The highest BCUT2D eigenvalue weighted by Gasteiger charge is 2.25. The van der Waals surface area contributed by atoms with E-state index in [4.69, 9.17) is 5.11 Å². The van der Waals surface area contributed by atoms with Crippen LogP contribution in [0.5, 0.6) is 0 Å². The first kappa shape index (κ1) is 15.0. The van der Waals surface area contributed by atoms with E-state index < -0.39 is 5.97 Å². The van der Waals surface area contributed by atoms with Crippen LogP contribution >= 0.6 is 0 Å². The van der Waals surface area contributed by atoms with Gasteiger partial charge in [0.2, 0.25) is 5.91 Å². The zero-order valence-electron chi connectivity index (χ0n) is 11.2. The lowest BCUT2D eigenvalue weighted by Gasteiger charge is -2.26. The van der Waals surface area contributed by atoms with E-state index >= 15 is 0 Å². The third-order valence-corrected chi connectivity index (χ3v) is 3.31. The van der Waals surface area contributed by atoms with Gasteiger partial charge in [-0.2, -0.15) is 0 Å². The van der Waals surface area contributed by atoms with Crippen molar-refractivity contribution in [2.75, 3.05) is 6.54 Å². The standard InChI is InChI=1S/C13H24N2O3/c1-9(2)15-12(16)7-8-14-11-5-3-10(4-6-11)13(17)18/h9-11,14H,3-8H2,1-2H3,(H,15,16)(H,17,18). The predicted octanol–water partition coefficient (Wildman–Crippen LogP) is 1.13. The Labute approximate surface area is 108 Å². The molecule has 0 unspecified atom stereocenters. The maximum atomic E-state index is 11.4. The first-order valence-electron chi connectivity index (χ1n) is 6.74. The summed E-state index contributed by atoms with van der Waals surface area (Å²) < 4.78 is 0. The Morgan fingerprint density at radius 2 is 1.83 bits per heavy atom. The summed E-state index contributed by atoms with van der Waals surface area (Å²) in [6.45, 7) is 4.55. The van der Waals surface area contributed by atoms with Gasteiger partial charge >= 0.3 is 5.97 Å². The van der Waals surface area contributed by atoms with Gasteiger partial charge in [-0.25, -0.2) is 0 Å². The van der Waals surface area contributed by atoms with E-state index in [9.17, 15) is 9.59 Å². The minimum Gasteiger partial charge on any atom is -0.481 e. The van der Waals surface area contributed by atoms with Crippen LogP contribution in [0.15, 0.2) is 0 Å². The average Bonchev–Trinajstić information content (AvgIpc) is 2.28. The highest BCUT2D eigenvalue weighted by atomic mass is 16.4. The number of carbonyl (C=O) groups is 2. The molecule has 1 amide bonds. The molecule has 1 fully saturated rings. The van der Waals surface area contributed by atoms with E-state index in [1.165, 1.54) is 0 Å². The van der Waals surface area contributed by atoms with Crippen molar-refractivity contribution in [1.82, 2.24) is 10.6 Å². The highest BCUT2D eigenvalue weighted by molar-refractivity contribution is 5.76. The van der Waals surface area contributed by atoms with Crippen molar-refractivity contribution in [3.63, 3.8) is 0 Å². The van der Waals surface area contributed by atoms with Gasteiger partial charge in [-0.05, 0) is 39.5 Å². The van der Waals surface area contributed by atoms with Gasteiger partial charge in [0.05, 0.1) is 5.92 Å². The van der Waals surface area contributed by atoms with Crippen molar-refractivity contribution in [2.24, 2.45) is 5.92 Å². The topological polar surface area (TPSA) is 78.4 Å². The Hall–Kier alpha value is -1.10. The second-order valence-corrected chi connectivity index (χ2v) is 5.31. The molecular weight excluding hydrogens is 232 g/mol. The number of hydrogen-bond acceptors (Lipinski definition) is 3. The number of rotatable bonds is 6. The highest BCUT2D eigenvalue weighted by Crippen LogP contribution is 2.24. The maximum Gasteiger partial charge on any atom is 0.306 e. The molecule has 5 nitrogen and oxygen atoms in total. The lowest BCUT2D eigenvalue weighted by atomic mass is 9.86. The van der Waals surface area contributed by atoms with Crippen LogP contribution in [0.2, 0.25) is 0 Å². The van der Waals surface area contributed by atoms with Gasteiger partial charge in [-0.15, -0.1) is 0 Å². The smallest absolute Gasteiger partial charge is 0.306 e. The molecule has 0 radical (unpaired) electrons. The van der Waals surface area contributed by atoms with Gasteiger partial charge in [0.1, 0.15) is 0 Å². The van der Waals surface area contributed by atoms with Crippen molar-refractivity contribution in [3.05, 3.63) is 0 Å².